The van der Waals surface area contributed by atoms with E-state index in [1.807, 2.05) is 26.1 Å². The highest BCUT2D eigenvalue weighted by atomic mass is 14.7. The van der Waals surface area contributed by atoms with Crippen LogP contribution in [0.15, 0.2) is 24.4 Å². The molecule has 1 aromatic heterocycles. The maximum absolute atomic E-state index is 4.31. The zero-order valence-corrected chi connectivity index (χ0v) is 8.20. The Kier molecular flexibility index (Phi) is 2.17. The molecule has 1 aromatic rings. The van der Waals surface area contributed by atoms with Crippen molar-refractivity contribution in [1.29, 1.82) is 0 Å². The summed E-state index contributed by atoms with van der Waals surface area (Å²) in [5.74, 6) is 1.65. The summed E-state index contributed by atoms with van der Waals surface area (Å²) in [7, 11) is 0. The van der Waals surface area contributed by atoms with Crippen LogP contribution >= 0.6 is 0 Å². The summed E-state index contributed by atoms with van der Waals surface area (Å²) in [5.41, 5.74) is 2.64. The molecule has 2 aliphatic rings. The molecule has 3 rings (SSSR count). The van der Waals surface area contributed by atoms with Crippen LogP contribution in [-0.2, 0) is 0 Å². The van der Waals surface area contributed by atoms with Gasteiger partial charge in [0.2, 0.25) is 0 Å². The summed E-state index contributed by atoms with van der Waals surface area (Å²) in [4.78, 5) is 4.31. The van der Waals surface area contributed by atoms with Crippen LogP contribution in [0.2, 0.25) is 0 Å². The van der Waals surface area contributed by atoms with Crippen LogP contribution in [-0.4, -0.2) is 4.98 Å². The van der Waals surface area contributed by atoms with Crippen LogP contribution in [0.1, 0.15) is 37.4 Å². The lowest BCUT2D eigenvalue weighted by Gasteiger charge is -2.06. The number of fused-ring (bicyclic) bond motifs is 3. The topological polar surface area (TPSA) is 12.9 Å². The minimum Gasteiger partial charge on any atom is -0.257 e. The van der Waals surface area contributed by atoms with Crippen molar-refractivity contribution in [2.75, 3.05) is 0 Å². The predicted octanol–water partition coefficient (Wildman–Crippen LogP) is 3.24. The van der Waals surface area contributed by atoms with Crippen molar-refractivity contribution in [3.8, 4) is 0 Å². The first-order chi connectivity index (χ1) is 6.45. The second-order valence-corrected chi connectivity index (χ2v) is 3.34. The summed E-state index contributed by atoms with van der Waals surface area (Å²) in [6.07, 6.45) is 7.66. The van der Waals surface area contributed by atoms with Gasteiger partial charge in [-0.15, -0.1) is 0 Å². The van der Waals surface area contributed by atoms with Gasteiger partial charge in [0, 0.05) is 6.20 Å². The fourth-order valence-corrected chi connectivity index (χ4v) is 1.88. The Morgan fingerprint density at radius 3 is 3.08 bits per heavy atom. The van der Waals surface area contributed by atoms with E-state index in [1.165, 1.54) is 17.7 Å². The molecule has 1 fully saturated rings. The highest BCUT2D eigenvalue weighted by Crippen LogP contribution is 2.51. The largest absolute Gasteiger partial charge is 0.257 e. The summed E-state index contributed by atoms with van der Waals surface area (Å²) >= 11 is 0. The van der Waals surface area contributed by atoms with Crippen LogP contribution in [0.5, 0.6) is 0 Å². The average Bonchev–Trinajstić information content (AvgIpc) is 3.00. The monoisotopic (exact) mass is 173 g/mol. The molecule has 0 radical (unpaired) electrons. The Morgan fingerprint density at radius 1 is 1.38 bits per heavy atom. The quantitative estimate of drug-likeness (QED) is 0.587. The highest BCUT2D eigenvalue weighted by Gasteiger charge is 2.39. The molecular formula is C12H15N. The number of aromatic nitrogens is 1. The van der Waals surface area contributed by atoms with Gasteiger partial charge in [-0.25, -0.2) is 0 Å². The average molecular weight is 173 g/mol. The van der Waals surface area contributed by atoms with E-state index in [0.717, 1.165) is 11.8 Å². The van der Waals surface area contributed by atoms with E-state index in [9.17, 15) is 0 Å². The normalized spacial score (nSPS) is 26.6. The Balaban J connectivity index is 0.000000308. The van der Waals surface area contributed by atoms with Crippen molar-refractivity contribution in [3.63, 3.8) is 0 Å². The number of rotatable bonds is 0. The molecule has 0 aromatic carbocycles. The molecule has 0 bridgehead atoms. The van der Waals surface area contributed by atoms with Gasteiger partial charge in [-0.1, -0.05) is 26.0 Å². The molecule has 0 spiro atoms. The van der Waals surface area contributed by atoms with E-state index in [4.69, 9.17) is 0 Å². The smallest absolute Gasteiger partial charge is 0.0661 e. The zero-order chi connectivity index (χ0) is 9.26. The van der Waals surface area contributed by atoms with E-state index in [0.29, 0.717) is 0 Å². The number of hydrogen-bond donors (Lipinski definition) is 0. The van der Waals surface area contributed by atoms with Crippen LogP contribution < -0.4 is 0 Å². The van der Waals surface area contributed by atoms with Gasteiger partial charge in [0.15, 0.2) is 0 Å². The van der Waals surface area contributed by atoms with Crippen molar-refractivity contribution in [1.82, 2.24) is 4.98 Å². The lowest BCUT2D eigenvalue weighted by atomic mass is 10.0. The van der Waals surface area contributed by atoms with Gasteiger partial charge in [0.1, 0.15) is 0 Å². The van der Waals surface area contributed by atoms with Crippen molar-refractivity contribution in [2.45, 2.75) is 26.2 Å². The summed E-state index contributed by atoms with van der Waals surface area (Å²) < 4.78 is 0. The summed E-state index contributed by atoms with van der Waals surface area (Å²) in [6.45, 7) is 4.00. The molecule has 1 heterocycles. The fourth-order valence-electron chi connectivity index (χ4n) is 1.88. The van der Waals surface area contributed by atoms with Crippen molar-refractivity contribution in [3.05, 3.63) is 35.7 Å². The lowest BCUT2D eigenvalue weighted by Crippen LogP contribution is -1.94. The van der Waals surface area contributed by atoms with Gasteiger partial charge in [-0.3, -0.25) is 4.98 Å². The molecule has 0 N–H and O–H groups in total. The van der Waals surface area contributed by atoms with Crippen molar-refractivity contribution in [2.24, 2.45) is 5.92 Å². The summed E-state index contributed by atoms with van der Waals surface area (Å²) in [5, 5.41) is 0. The van der Waals surface area contributed by atoms with Gasteiger partial charge in [0.05, 0.1) is 5.69 Å². The first-order valence-corrected chi connectivity index (χ1v) is 5.08. The van der Waals surface area contributed by atoms with Gasteiger partial charge in [0.25, 0.3) is 0 Å². The van der Waals surface area contributed by atoms with E-state index in [1.54, 1.807) is 0 Å². The first-order valence-electron chi connectivity index (χ1n) is 5.08. The van der Waals surface area contributed by atoms with Crippen LogP contribution in [0, 0.1) is 5.92 Å². The maximum atomic E-state index is 4.31. The third kappa shape index (κ3) is 1.39. The molecule has 13 heavy (non-hydrogen) atoms. The predicted molar refractivity (Wildman–Crippen MR) is 55.5 cm³/mol. The molecule has 0 saturated heterocycles. The minimum absolute atomic E-state index is 0.809. The number of pyridine rings is 1. The first kappa shape index (κ1) is 8.49. The van der Waals surface area contributed by atoms with E-state index < -0.39 is 0 Å². The standard InChI is InChI=1S/C10H9N.C2H6/c1-2-8-9-6-7(9)3-4-10(8)11-5-1;1-2/h1-5,7,9H,6H2;1-2H3. The second kappa shape index (κ2) is 3.33. The Labute approximate surface area is 79.5 Å². The molecular weight excluding hydrogens is 158 g/mol. The Bertz CT molecular complexity index is 328. The molecule has 68 valence electrons. The van der Waals surface area contributed by atoms with Crippen LogP contribution in [0.25, 0.3) is 6.08 Å². The van der Waals surface area contributed by atoms with Crippen LogP contribution in [0.3, 0.4) is 0 Å². The number of nitrogens with zero attached hydrogens (tertiary/aromatic N) is 1. The van der Waals surface area contributed by atoms with E-state index in [-0.39, 0.29) is 0 Å². The minimum atomic E-state index is 0.809. The van der Waals surface area contributed by atoms with E-state index >= 15 is 0 Å². The second-order valence-electron chi connectivity index (χ2n) is 3.34. The van der Waals surface area contributed by atoms with Gasteiger partial charge in [-0.05, 0) is 36.0 Å². The molecule has 1 nitrogen and oxygen atoms in total. The van der Waals surface area contributed by atoms with Crippen molar-refractivity contribution < 1.29 is 0 Å². The van der Waals surface area contributed by atoms with Crippen molar-refractivity contribution >= 4 is 6.08 Å². The van der Waals surface area contributed by atoms with Gasteiger partial charge in [-0.2, -0.15) is 0 Å². The number of allylic oxidation sites excluding steroid dienone is 1. The highest BCUT2D eigenvalue weighted by molar-refractivity contribution is 5.57. The third-order valence-electron chi connectivity index (χ3n) is 2.61. The Morgan fingerprint density at radius 2 is 2.23 bits per heavy atom. The SMILES string of the molecule is C1=CC2CC2c2cccnc21.CC. The van der Waals surface area contributed by atoms with E-state index in [2.05, 4.69) is 23.2 Å². The molecule has 2 unspecified atom stereocenters. The van der Waals surface area contributed by atoms with Crippen LogP contribution in [0.4, 0.5) is 0 Å². The van der Waals surface area contributed by atoms with Gasteiger partial charge >= 0.3 is 0 Å². The lowest BCUT2D eigenvalue weighted by molar-refractivity contribution is 0.974. The molecule has 2 atom stereocenters. The summed E-state index contributed by atoms with van der Waals surface area (Å²) in [6, 6.07) is 4.24. The molecule has 1 heteroatoms. The third-order valence-corrected chi connectivity index (χ3v) is 2.61. The Hall–Kier alpha value is -1.11. The zero-order valence-electron chi connectivity index (χ0n) is 8.20. The van der Waals surface area contributed by atoms with Gasteiger partial charge < -0.3 is 0 Å². The molecule has 0 aliphatic heterocycles. The molecule has 0 amide bonds. The molecule has 1 saturated carbocycles. The fraction of sp³-hybridized carbons (Fsp3) is 0.417. The maximum Gasteiger partial charge on any atom is 0.0661 e. The molecule has 2 aliphatic carbocycles. The number of hydrogen-bond acceptors (Lipinski definition) is 1.